The van der Waals surface area contributed by atoms with Gasteiger partial charge in [-0.2, -0.15) is 0 Å². The van der Waals surface area contributed by atoms with Crippen LogP contribution in [0.3, 0.4) is 0 Å². The van der Waals surface area contributed by atoms with E-state index in [9.17, 15) is 14.4 Å². The Bertz CT molecular complexity index is 1490. The van der Waals surface area contributed by atoms with Crippen molar-refractivity contribution in [2.45, 2.75) is 26.8 Å². The minimum Gasteiger partial charge on any atom is -0.454 e. The van der Waals surface area contributed by atoms with Crippen LogP contribution in [0.15, 0.2) is 41.8 Å². The lowest BCUT2D eigenvalue weighted by Gasteiger charge is -2.34. The van der Waals surface area contributed by atoms with Gasteiger partial charge in [0.1, 0.15) is 6.54 Å². The second kappa shape index (κ2) is 13.9. The monoisotopic (exact) mass is 645 g/mol. The predicted molar refractivity (Wildman–Crippen MR) is 166 cm³/mol. The van der Waals surface area contributed by atoms with E-state index in [1.165, 1.54) is 22.3 Å². The van der Waals surface area contributed by atoms with E-state index in [-0.39, 0.29) is 54.0 Å². The Morgan fingerprint density at radius 2 is 1.81 bits per heavy atom. The van der Waals surface area contributed by atoms with E-state index in [4.69, 9.17) is 32.7 Å². The molecule has 1 saturated heterocycles. The zero-order valence-corrected chi connectivity index (χ0v) is 26.3. The molecule has 1 fully saturated rings. The third-order valence-electron chi connectivity index (χ3n) is 7.07. The maximum absolute atomic E-state index is 13.2. The van der Waals surface area contributed by atoms with Crippen molar-refractivity contribution in [3.05, 3.63) is 68.6 Å². The highest BCUT2D eigenvalue weighted by atomic mass is 35.5. The Hall–Kier alpha value is -3.38. The first-order chi connectivity index (χ1) is 20.6. The zero-order chi connectivity index (χ0) is 30.5. The standard InChI is InChI=1S/C30H33Cl2N5O5S/c1-19(2)14-37(29(40)23-5-4-21(31)12-24(23)32)16-27(38)34-30-33-22(17-43-30)13-28(39)36-9-7-35(8-10-36)15-20-3-6-25-26(11-20)42-18-41-25/h3-6,11-12,17,19H,7-10,13-16,18H2,1-2H3,(H,33,34,38). The Morgan fingerprint density at radius 3 is 2.56 bits per heavy atom. The number of amides is 3. The van der Waals surface area contributed by atoms with E-state index < -0.39 is 0 Å². The maximum atomic E-state index is 13.2. The van der Waals surface area contributed by atoms with E-state index >= 15 is 0 Å². The molecule has 3 amide bonds. The molecule has 0 bridgehead atoms. The van der Waals surface area contributed by atoms with Gasteiger partial charge in [0.15, 0.2) is 16.6 Å². The molecular formula is C30H33Cl2N5O5S. The van der Waals surface area contributed by atoms with Crippen molar-refractivity contribution >= 4 is 57.4 Å². The number of benzene rings is 2. The van der Waals surface area contributed by atoms with Gasteiger partial charge < -0.3 is 24.6 Å². The quantitative estimate of drug-likeness (QED) is 0.338. The second-order valence-corrected chi connectivity index (χ2v) is 12.6. The second-order valence-electron chi connectivity index (χ2n) is 10.9. The lowest BCUT2D eigenvalue weighted by Crippen LogP contribution is -2.48. The molecule has 2 aliphatic rings. The minimum atomic E-state index is -0.384. The number of aromatic nitrogens is 1. The van der Waals surface area contributed by atoms with Crippen LogP contribution >= 0.6 is 34.5 Å². The normalized spacial score (nSPS) is 14.7. The average molecular weight is 647 g/mol. The van der Waals surface area contributed by atoms with E-state index in [1.54, 1.807) is 17.5 Å². The van der Waals surface area contributed by atoms with Crippen LogP contribution in [0.1, 0.15) is 35.5 Å². The van der Waals surface area contributed by atoms with Gasteiger partial charge >= 0.3 is 0 Å². The molecule has 0 aliphatic carbocycles. The van der Waals surface area contributed by atoms with Crippen molar-refractivity contribution in [1.29, 1.82) is 0 Å². The molecule has 13 heteroatoms. The first-order valence-corrected chi connectivity index (χ1v) is 15.7. The highest BCUT2D eigenvalue weighted by Crippen LogP contribution is 2.33. The summed E-state index contributed by atoms with van der Waals surface area (Å²) in [5, 5.41) is 5.57. The Kier molecular flexibility index (Phi) is 10.1. The van der Waals surface area contributed by atoms with Crippen LogP contribution in [0.2, 0.25) is 10.0 Å². The number of fused-ring (bicyclic) bond motifs is 1. The average Bonchev–Trinajstić information content (AvgIpc) is 3.61. The van der Waals surface area contributed by atoms with Crippen LogP contribution < -0.4 is 14.8 Å². The van der Waals surface area contributed by atoms with Crippen LogP contribution in [0, 0.1) is 5.92 Å². The fourth-order valence-corrected chi connectivity index (χ4v) is 6.21. The molecule has 1 aromatic heterocycles. The van der Waals surface area contributed by atoms with E-state index in [2.05, 4.69) is 15.2 Å². The number of hydrogen-bond donors (Lipinski definition) is 1. The summed E-state index contributed by atoms with van der Waals surface area (Å²) in [5.74, 6) is 0.933. The van der Waals surface area contributed by atoms with E-state index in [1.807, 2.05) is 36.9 Å². The highest BCUT2D eigenvalue weighted by molar-refractivity contribution is 7.13. The fourth-order valence-electron chi connectivity index (χ4n) is 4.99. The number of nitrogens with zero attached hydrogens (tertiary/aromatic N) is 4. The number of nitrogens with one attached hydrogen (secondary N) is 1. The van der Waals surface area contributed by atoms with Crippen LogP contribution in [0.25, 0.3) is 0 Å². The Morgan fingerprint density at radius 1 is 1.05 bits per heavy atom. The Labute approximate surface area is 264 Å². The van der Waals surface area contributed by atoms with Crippen molar-refractivity contribution in [3.63, 3.8) is 0 Å². The topological polar surface area (TPSA) is 104 Å². The van der Waals surface area contributed by atoms with Gasteiger partial charge in [-0.3, -0.25) is 19.3 Å². The molecule has 2 aromatic carbocycles. The molecule has 0 spiro atoms. The molecule has 1 N–H and O–H groups in total. The maximum Gasteiger partial charge on any atom is 0.255 e. The van der Waals surface area contributed by atoms with Gasteiger partial charge in [0, 0.05) is 49.7 Å². The number of ether oxygens (including phenoxy) is 2. The smallest absolute Gasteiger partial charge is 0.255 e. The van der Waals surface area contributed by atoms with Crippen molar-refractivity contribution in [2.24, 2.45) is 5.92 Å². The third-order valence-corrected chi connectivity index (χ3v) is 8.42. The first-order valence-electron chi connectivity index (χ1n) is 14.0. The third kappa shape index (κ3) is 8.17. The van der Waals surface area contributed by atoms with Crippen LogP contribution in [-0.2, 0) is 22.6 Å². The van der Waals surface area contributed by atoms with Gasteiger partial charge in [-0.05, 0) is 41.8 Å². The SMILES string of the molecule is CC(C)CN(CC(=O)Nc1nc(CC(=O)N2CCN(Cc3ccc4c(c3)OCO4)CC2)cs1)C(=O)c1ccc(Cl)cc1Cl. The molecule has 43 heavy (non-hydrogen) atoms. The molecule has 3 heterocycles. The fraction of sp³-hybridized carbons (Fsp3) is 0.400. The van der Waals surface area contributed by atoms with Gasteiger partial charge in [0.25, 0.3) is 5.91 Å². The summed E-state index contributed by atoms with van der Waals surface area (Å²) in [6.45, 7) is 7.97. The predicted octanol–water partition coefficient (Wildman–Crippen LogP) is 4.80. The molecule has 0 atom stereocenters. The molecular weight excluding hydrogens is 613 g/mol. The molecule has 2 aliphatic heterocycles. The van der Waals surface area contributed by atoms with E-state index in [0.717, 1.165) is 36.7 Å². The summed E-state index contributed by atoms with van der Waals surface area (Å²) in [6.07, 6.45) is 0.154. The molecule has 0 unspecified atom stereocenters. The molecule has 0 radical (unpaired) electrons. The number of piperazine rings is 1. The highest BCUT2D eigenvalue weighted by Gasteiger charge is 2.25. The lowest BCUT2D eigenvalue weighted by molar-refractivity contribution is -0.132. The Balaban J connectivity index is 1.10. The van der Waals surface area contributed by atoms with Gasteiger partial charge in [0.2, 0.25) is 18.6 Å². The lowest BCUT2D eigenvalue weighted by atomic mass is 10.1. The van der Waals surface area contributed by atoms with Crippen LogP contribution in [0.5, 0.6) is 11.5 Å². The summed E-state index contributed by atoms with van der Waals surface area (Å²) in [7, 11) is 0. The van der Waals surface area contributed by atoms with Crippen molar-refractivity contribution < 1.29 is 23.9 Å². The summed E-state index contributed by atoms with van der Waals surface area (Å²) >= 11 is 13.5. The van der Waals surface area contributed by atoms with Gasteiger partial charge in [0.05, 0.1) is 22.7 Å². The number of thiazole rings is 1. The molecule has 3 aromatic rings. The number of carbonyl (C=O) groups excluding carboxylic acids is 3. The number of hydrogen-bond acceptors (Lipinski definition) is 8. The molecule has 228 valence electrons. The van der Waals surface area contributed by atoms with E-state index in [0.29, 0.717) is 35.5 Å². The van der Waals surface area contributed by atoms with Crippen LogP contribution in [0.4, 0.5) is 5.13 Å². The largest absolute Gasteiger partial charge is 0.454 e. The molecule has 10 nitrogen and oxygen atoms in total. The van der Waals surface area contributed by atoms with Crippen molar-refractivity contribution in [2.75, 3.05) is 51.4 Å². The van der Waals surface area contributed by atoms with Crippen LogP contribution in [-0.4, -0.2) is 83.5 Å². The molecule has 0 saturated carbocycles. The first kappa shape index (κ1) is 31.1. The van der Waals surface area contributed by atoms with Crippen molar-refractivity contribution in [1.82, 2.24) is 19.7 Å². The van der Waals surface area contributed by atoms with Crippen molar-refractivity contribution in [3.8, 4) is 11.5 Å². The van der Waals surface area contributed by atoms with Gasteiger partial charge in [-0.15, -0.1) is 11.3 Å². The van der Waals surface area contributed by atoms with Gasteiger partial charge in [-0.1, -0.05) is 43.1 Å². The number of rotatable bonds is 10. The number of carbonyl (C=O) groups is 3. The summed E-state index contributed by atoms with van der Waals surface area (Å²) in [4.78, 5) is 49.1. The van der Waals surface area contributed by atoms with Gasteiger partial charge in [-0.25, -0.2) is 4.98 Å². The number of anilines is 1. The summed E-state index contributed by atoms with van der Waals surface area (Å²) in [5.41, 5.74) is 2.02. The summed E-state index contributed by atoms with van der Waals surface area (Å²) in [6, 6.07) is 10.6. The summed E-state index contributed by atoms with van der Waals surface area (Å²) < 4.78 is 10.9. The molecule has 5 rings (SSSR count). The minimum absolute atomic E-state index is 0.000505. The zero-order valence-electron chi connectivity index (χ0n) is 24.0. The number of halogens is 2.